The van der Waals surface area contributed by atoms with Crippen molar-refractivity contribution in [1.29, 1.82) is 0 Å². The summed E-state index contributed by atoms with van der Waals surface area (Å²) in [5, 5.41) is 8.87. The first-order chi connectivity index (χ1) is 7.06. The lowest BCUT2D eigenvalue weighted by Gasteiger charge is -2.13. The maximum absolute atomic E-state index is 10.8. The summed E-state index contributed by atoms with van der Waals surface area (Å²) < 4.78 is 4.91. The molecule has 0 aliphatic heterocycles. The Labute approximate surface area is 89.7 Å². The van der Waals surface area contributed by atoms with Crippen molar-refractivity contribution in [1.82, 2.24) is 0 Å². The van der Waals surface area contributed by atoms with Crippen LogP contribution in [-0.4, -0.2) is 24.3 Å². The molecular formula is C12H16O3. The van der Waals surface area contributed by atoms with Gasteiger partial charge in [0.2, 0.25) is 0 Å². The number of hydrogen-bond acceptors (Lipinski definition) is 2. The highest BCUT2D eigenvalue weighted by atomic mass is 16.5. The standard InChI is InChI=1S/C12H16O3/c1-8-5-4-6-10(9(8)2)7-11(15-3)12(13)14/h4-6,11H,7H2,1-3H3,(H,13,14). The molecule has 82 valence electrons. The van der Waals surface area contributed by atoms with Crippen LogP contribution in [0.15, 0.2) is 18.2 Å². The van der Waals surface area contributed by atoms with Gasteiger partial charge >= 0.3 is 5.97 Å². The van der Waals surface area contributed by atoms with Gasteiger partial charge in [-0.05, 0) is 30.5 Å². The first-order valence-corrected chi connectivity index (χ1v) is 4.87. The molecule has 0 spiro atoms. The summed E-state index contributed by atoms with van der Waals surface area (Å²) in [7, 11) is 1.42. The average Bonchev–Trinajstić information content (AvgIpc) is 2.19. The van der Waals surface area contributed by atoms with Crippen LogP contribution < -0.4 is 0 Å². The van der Waals surface area contributed by atoms with Gasteiger partial charge in [-0.2, -0.15) is 0 Å². The first-order valence-electron chi connectivity index (χ1n) is 4.87. The van der Waals surface area contributed by atoms with Gasteiger partial charge in [0.15, 0.2) is 6.10 Å². The number of carboxylic acids is 1. The number of carboxylic acid groups (broad SMARTS) is 1. The highest BCUT2D eigenvalue weighted by Crippen LogP contribution is 2.15. The Bertz CT molecular complexity index is 358. The molecule has 0 radical (unpaired) electrons. The van der Waals surface area contributed by atoms with Gasteiger partial charge in [0.25, 0.3) is 0 Å². The van der Waals surface area contributed by atoms with Crippen molar-refractivity contribution in [3.8, 4) is 0 Å². The molecule has 0 bridgehead atoms. The second-order valence-corrected chi connectivity index (χ2v) is 3.63. The lowest BCUT2D eigenvalue weighted by molar-refractivity contribution is -0.148. The summed E-state index contributed by atoms with van der Waals surface area (Å²) in [6.45, 7) is 4.01. The van der Waals surface area contributed by atoms with Crippen molar-refractivity contribution in [2.75, 3.05) is 7.11 Å². The first kappa shape index (κ1) is 11.7. The van der Waals surface area contributed by atoms with Gasteiger partial charge in [-0.15, -0.1) is 0 Å². The van der Waals surface area contributed by atoms with E-state index in [2.05, 4.69) is 0 Å². The Balaban J connectivity index is 2.88. The minimum absolute atomic E-state index is 0.416. The van der Waals surface area contributed by atoms with Crippen LogP contribution in [0, 0.1) is 13.8 Å². The summed E-state index contributed by atoms with van der Waals surface area (Å²) >= 11 is 0. The topological polar surface area (TPSA) is 46.5 Å². The molecule has 0 amide bonds. The Morgan fingerprint density at radius 1 is 1.47 bits per heavy atom. The number of ether oxygens (including phenoxy) is 1. The summed E-state index contributed by atoms with van der Waals surface area (Å²) in [6, 6.07) is 5.89. The monoisotopic (exact) mass is 208 g/mol. The fourth-order valence-electron chi connectivity index (χ4n) is 1.50. The van der Waals surface area contributed by atoms with Crippen molar-refractivity contribution < 1.29 is 14.6 Å². The Hall–Kier alpha value is -1.35. The molecule has 3 heteroatoms. The Morgan fingerprint density at radius 2 is 2.13 bits per heavy atom. The number of benzene rings is 1. The number of hydrogen-bond donors (Lipinski definition) is 1. The lowest BCUT2D eigenvalue weighted by atomic mass is 9.99. The number of carbonyl (C=O) groups is 1. The summed E-state index contributed by atoms with van der Waals surface area (Å²) in [4.78, 5) is 10.8. The fraction of sp³-hybridized carbons (Fsp3) is 0.417. The van der Waals surface area contributed by atoms with Gasteiger partial charge in [0.05, 0.1) is 0 Å². The normalized spacial score (nSPS) is 12.5. The van der Waals surface area contributed by atoms with E-state index in [1.165, 1.54) is 12.7 Å². The maximum atomic E-state index is 10.8. The van der Waals surface area contributed by atoms with Gasteiger partial charge in [0, 0.05) is 13.5 Å². The molecule has 15 heavy (non-hydrogen) atoms. The van der Waals surface area contributed by atoms with E-state index in [1.807, 2.05) is 32.0 Å². The van der Waals surface area contributed by atoms with Crippen LogP contribution in [0.4, 0.5) is 0 Å². The second kappa shape index (κ2) is 4.94. The van der Waals surface area contributed by atoms with E-state index in [9.17, 15) is 4.79 Å². The molecule has 0 fully saturated rings. The Morgan fingerprint density at radius 3 is 2.67 bits per heavy atom. The van der Waals surface area contributed by atoms with Gasteiger partial charge in [-0.3, -0.25) is 0 Å². The third-order valence-electron chi connectivity index (χ3n) is 2.68. The predicted octanol–water partition coefficient (Wildman–Crippen LogP) is 1.95. The van der Waals surface area contributed by atoms with E-state index in [0.29, 0.717) is 6.42 Å². The number of aliphatic carboxylic acids is 1. The minimum atomic E-state index is -0.918. The molecule has 0 saturated heterocycles. The van der Waals surface area contributed by atoms with E-state index in [-0.39, 0.29) is 0 Å². The van der Waals surface area contributed by atoms with E-state index < -0.39 is 12.1 Å². The van der Waals surface area contributed by atoms with E-state index in [1.54, 1.807) is 0 Å². The third kappa shape index (κ3) is 2.80. The van der Waals surface area contributed by atoms with Crippen molar-refractivity contribution in [3.05, 3.63) is 34.9 Å². The molecule has 0 heterocycles. The van der Waals surface area contributed by atoms with E-state index >= 15 is 0 Å². The van der Waals surface area contributed by atoms with Crippen LogP contribution in [0.25, 0.3) is 0 Å². The molecule has 1 N–H and O–H groups in total. The van der Waals surface area contributed by atoms with Crippen LogP contribution in [0.1, 0.15) is 16.7 Å². The van der Waals surface area contributed by atoms with Gasteiger partial charge in [-0.1, -0.05) is 18.2 Å². The zero-order valence-corrected chi connectivity index (χ0v) is 9.28. The zero-order valence-electron chi connectivity index (χ0n) is 9.28. The van der Waals surface area contributed by atoms with E-state index in [0.717, 1.165) is 11.1 Å². The van der Waals surface area contributed by atoms with Crippen molar-refractivity contribution >= 4 is 5.97 Å². The van der Waals surface area contributed by atoms with Crippen LogP contribution in [0.2, 0.25) is 0 Å². The molecule has 0 aliphatic rings. The summed E-state index contributed by atoms with van der Waals surface area (Å²) in [5.41, 5.74) is 3.35. The molecule has 0 saturated carbocycles. The summed E-state index contributed by atoms with van der Waals surface area (Å²) in [5.74, 6) is -0.918. The zero-order chi connectivity index (χ0) is 11.4. The fourth-order valence-corrected chi connectivity index (χ4v) is 1.50. The van der Waals surface area contributed by atoms with Gasteiger partial charge < -0.3 is 9.84 Å². The summed E-state index contributed by atoms with van der Waals surface area (Å²) in [6.07, 6.45) is -0.343. The molecular weight excluding hydrogens is 192 g/mol. The van der Waals surface area contributed by atoms with Gasteiger partial charge in [-0.25, -0.2) is 4.79 Å². The van der Waals surface area contributed by atoms with Crippen LogP contribution in [0.5, 0.6) is 0 Å². The van der Waals surface area contributed by atoms with E-state index in [4.69, 9.17) is 9.84 Å². The van der Waals surface area contributed by atoms with Crippen molar-refractivity contribution in [3.63, 3.8) is 0 Å². The minimum Gasteiger partial charge on any atom is -0.479 e. The second-order valence-electron chi connectivity index (χ2n) is 3.63. The molecule has 1 atom stereocenters. The smallest absolute Gasteiger partial charge is 0.333 e. The molecule has 1 aromatic rings. The SMILES string of the molecule is COC(Cc1cccc(C)c1C)C(=O)O. The maximum Gasteiger partial charge on any atom is 0.333 e. The molecule has 1 rings (SSSR count). The lowest BCUT2D eigenvalue weighted by Crippen LogP contribution is -2.25. The van der Waals surface area contributed by atoms with Crippen LogP contribution >= 0.6 is 0 Å². The molecule has 0 aliphatic carbocycles. The largest absolute Gasteiger partial charge is 0.479 e. The quantitative estimate of drug-likeness (QED) is 0.822. The van der Waals surface area contributed by atoms with Gasteiger partial charge in [0.1, 0.15) is 0 Å². The molecule has 1 aromatic carbocycles. The molecule has 0 aromatic heterocycles. The third-order valence-corrected chi connectivity index (χ3v) is 2.68. The number of methoxy groups -OCH3 is 1. The molecule has 3 nitrogen and oxygen atoms in total. The van der Waals surface area contributed by atoms with Crippen molar-refractivity contribution in [2.24, 2.45) is 0 Å². The Kier molecular flexibility index (Phi) is 3.86. The predicted molar refractivity (Wildman–Crippen MR) is 58.1 cm³/mol. The molecule has 1 unspecified atom stereocenters. The number of aryl methyl sites for hydroxylation is 1. The average molecular weight is 208 g/mol. The number of rotatable bonds is 4. The highest BCUT2D eigenvalue weighted by molar-refractivity contribution is 5.72. The van der Waals surface area contributed by atoms with Crippen LogP contribution in [-0.2, 0) is 16.0 Å². The highest BCUT2D eigenvalue weighted by Gasteiger charge is 2.17. The van der Waals surface area contributed by atoms with Crippen molar-refractivity contribution in [2.45, 2.75) is 26.4 Å². The van der Waals surface area contributed by atoms with Crippen LogP contribution in [0.3, 0.4) is 0 Å².